The number of halogens is 1. The van der Waals surface area contributed by atoms with Gasteiger partial charge in [-0.1, -0.05) is 24.3 Å². The average molecular weight is 326 g/mol. The van der Waals surface area contributed by atoms with Crippen molar-refractivity contribution in [1.29, 1.82) is 0 Å². The zero-order valence-corrected chi connectivity index (χ0v) is 13.2. The smallest absolute Gasteiger partial charge is 0.132 e. The summed E-state index contributed by atoms with van der Waals surface area (Å²) >= 11 is 0. The molecule has 0 radical (unpaired) electrons. The van der Waals surface area contributed by atoms with E-state index in [0.29, 0.717) is 24.0 Å². The lowest BCUT2D eigenvalue weighted by atomic mass is 10.1. The van der Waals surface area contributed by atoms with Crippen molar-refractivity contribution >= 4 is 10.9 Å². The molecule has 0 aliphatic carbocycles. The predicted octanol–water partition coefficient (Wildman–Crippen LogP) is 3.03. The van der Waals surface area contributed by atoms with Gasteiger partial charge in [0.1, 0.15) is 18.2 Å². The normalized spacial score (nSPS) is 10.9. The number of benzene rings is 2. The Balaban J connectivity index is 1.71. The molecule has 0 aliphatic heterocycles. The molecule has 124 valence electrons. The summed E-state index contributed by atoms with van der Waals surface area (Å²) in [5, 5.41) is 12.8. The largest absolute Gasteiger partial charge is 0.491 e. The number of nitrogens with zero attached hydrogens (tertiary/aromatic N) is 1. The summed E-state index contributed by atoms with van der Waals surface area (Å²) in [4.78, 5) is 4.29. The number of para-hydroxylation sites is 1. The van der Waals surface area contributed by atoms with Crippen LogP contribution in [-0.2, 0) is 13.1 Å². The minimum absolute atomic E-state index is 0.0188. The van der Waals surface area contributed by atoms with Crippen molar-refractivity contribution in [3.05, 3.63) is 71.7 Å². The van der Waals surface area contributed by atoms with Gasteiger partial charge in [0.2, 0.25) is 0 Å². The Morgan fingerprint density at radius 3 is 2.71 bits per heavy atom. The first-order chi connectivity index (χ1) is 11.8. The third-order valence-corrected chi connectivity index (χ3v) is 3.75. The van der Waals surface area contributed by atoms with E-state index in [4.69, 9.17) is 9.84 Å². The van der Waals surface area contributed by atoms with Crippen LogP contribution < -0.4 is 10.1 Å². The summed E-state index contributed by atoms with van der Waals surface area (Å²) in [6, 6.07) is 14.4. The summed E-state index contributed by atoms with van der Waals surface area (Å²) in [6.07, 6.45) is 1.67. The second-order valence-electron chi connectivity index (χ2n) is 5.39. The SMILES string of the molecule is OCCOc1ccccc1CNCc1ccc(F)c2cccnc12. The van der Waals surface area contributed by atoms with Crippen molar-refractivity contribution in [2.24, 2.45) is 0 Å². The number of aliphatic hydroxyl groups excluding tert-OH is 1. The maximum Gasteiger partial charge on any atom is 0.132 e. The van der Waals surface area contributed by atoms with Gasteiger partial charge in [0.05, 0.1) is 12.1 Å². The fraction of sp³-hybridized carbons (Fsp3) is 0.211. The number of rotatable bonds is 7. The van der Waals surface area contributed by atoms with Gasteiger partial charge in [-0.05, 0) is 29.8 Å². The van der Waals surface area contributed by atoms with Crippen LogP contribution in [0.3, 0.4) is 0 Å². The maximum atomic E-state index is 13.8. The number of hydrogen-bond acceptors (Lipinski definition) is 4. The number of aliphatic hydroxyl groups is 1. The van der Waals surface area contributed by atoms with Gasteiger partial charge in [-0.3, -0.25) is 4.98 Å². The van der Waals surface area contributed by atoms with E-state index in [9.17, 15) is 4.39 Å². The van der Waals surface area contributed by atoms with Gasteiger partial charge >= 0.3 is 0 Å². The first kappa shape index (κ1) is 16.4. The van der Waals surface area contributed by atoms with Gasteiger partial charge in [-0.25, -0.2) is 4.39 Å². The van der Waals surface area contributed by atoms with Crippen LogP contribution in [0.4, 0.5) is 4.39 Å². The molecule has 4 nitrogen and oxygen atoms in total. The maximum absolute atomic E-state index is 13.8. The highest BCUT2D eigenvalue weighted by Gasteiger charge is 2.07. The van der Waals surface area contributed by atoms with Crippen molar-refractivity contribution < 1.29 is 14.2 Å². The van der Waals surface area contributed by atoms with Crippen LogP contribution in [0.15, 0.2) is 54.7 Å². The lowest BCUT2D eigenvalue weighted by Gasteiger charge is -2.12. The molecule has 0 amide bonds. The van der Waals surface area contributed by atoms with E-state index in [1.165, 1.54) is 6.07 Å². The number of pyridine rings is 1. The fourth-order valence-electron chi connectivity index (χ4n) is 2.62. The molecule has 0 unspecified atom stereocenters. The summed E-state index contributed by atoms with van der Waals surface area (Å²) in [5.41, 5.74) is 2.63. The number of ether oxygens (including phenoxy) is 1. The van der Waals surface area contributed by atoms with Gasteiger partial charge in [0.15, 0.2) is 0 Å². The second-order valence-corrected chi connectivity index (χ2v) is 5.39. The Morgan fingerprint density at radius 2 is 1.83 bits per heavy atom. The average Bonchev–Trinajstić information content (AvgIpc) is 2.63. The summed E-state index contributed by atoms with van der Waals surface area (Å²) in [7, 11) is 0. The molecule has 0 saturated heterocycles. The van der Waals surface area contributed by atoms with Crippen LogP contribution in [0, 0.1) is 5.82 Å². The minimum Gasteiger partial charge on any atom is -0.491 e. The Labute approximate surface area is 139 Å². The van der Waals surface area contributed by atoms with E-state index in [-0.39, 0.29) is 19.0 Å². The molecule has 3 aromatic rings. The Bertz CT molecular complexity index is 823. The molecule has 0 fully saturated rings. The number of aromatic nitrogens is 1. The first-order valence-electron chi connectivity index (χ1n) is 7.84. The van der Waals surface area contributed by atoms with Crippen LogP contribution in [0.25, 0.3) is 10.9 Å². The molecule has 0 bridgehead atoms. The third kappa shape index (κ3) is 3.69. The summed E-state index contributed by atoms with van der Waals surface area (Å²) < 4.78 is 19.4. The molecule has 5 heteroatoms. The topological polar surface area (TPSA) is 54.4 Å². The Hall–Kier alpha value is -2.50. The molecule has 24 heavy (non-hydrogen) atoms. The molecule has 2 aromatic carbocycles. The van der Waals surface area contributed by atoms with Crippen LogP contribution >= 0.6 is 0 Å². The molecular weight excluding hydrogens is 307 g/mol. The molecule has 1 heterocycles. The predicted molar refractivity (Wildman–Crippen MR) is 91.3 cm³/mol. The van der Waals surface area contributed by atoms with Crippen molar-refractivity contribution in [3.8, 4) is 5.75 Å². The highest BCUT2D eigenvalue weighted by Crippen LogP contribution is 2.21. The Kier molecular flexibility index (Phi) is 5.36. The van der Waals surface area contributed by atoms with Crippen LogP contribution in [-0.4, -0.2) is 23.3 Å². The van der Waals surface area contributed by atoms with Gasteiger partial charge in [0.25, 0.3) is 0 Å². The standard InChI is InChI=1S/C19H19FN2O2/c20-17-8-7-15(19-16(17)5-3-9-22-19)13-21-12-14-4-1-2-6-18(14)24-11-10-23/h1-9,21,23H,10-13H2. The zero-order chi connectivity index (χ0) is 16.8. The summed E-state index contributed by atoms with van der Waals surface area (Å²) in [5.74, 6) is 0.491. The van der Waals surface area contributed by atoms with Crippen LogP contribution in [0.5, 0.6) is 5.75 Å². The molecular formula is C19H19FN2O2. The Morgan fingerprint density at radius 1 is 1.00 bits per heavy atom. The van der Waals surface area contributed by atoms with E-state index in [0.717, 1.165) is 16.9 Å². The highest BCUT2D eigenvalue weighted by atomic mass is 19.1. The number of hydrogen-bond donors (Lipinski definition) is 2. The van der Waals surface area contributed by atoms with E-state index in [1.807, 2.05) is 24.3 Å². The van der Waals surface area contributed by atoms with Gasteiger partial charge in [-0.15, -0.1) is 0 Å². The molecule has 1 aromatic heterocycles. The minimum atomic E-state index is -0.260. The second kappa shape index (κ2) is 7.86. The molecule has 0 spiro atoms. The van der Waals surface area contributed by atoms with E-state index >= 15 is 0 Å². The summed E-state index contributed by atoms with van der Waals surface area (Å²) in [6.45, 7) is 1.42. The zero-order valence-electron chi connectivity index (χ0n) is 13.2. The molecule has 0 aliphatic rings. The molecule has 3 rings (SSSR count). The van der Waals surface area contributed by atoms with Gasteiger partial charge in [-0.2, -0.15) is 0 Å². The van der Waals surface area contributed by atoms with Crippen molar-refractivity contribution in [2.75, 3.05) is 13.2 Å². The first-order valence-corrected chi connectivity index (χ1v) is 7.84. The fourth-order valence-corrected chi connectivity index (χ4v) is 2.62. The molecule has 0 atom stereocenters. The van der Waals surface area contributed by atoms with Crippen molar-refractivity contribution in [2.45, 2.75) is 13.1 Å². The molecule has 0 saturated carbocycles. The third-order valence-electron chi connectivity index (χ3n) is 3.75. The highest BCUT2D eigenvalue weighted by molar-refractivity contribution is 5.82. The lowest BCUT2D eigenvalue weighted by Crippen LogP contribution is -2.14. The number of fused-ring (bicyclic) bond motifs is 1. The van der Waals surface area contributed by atoms with Crippen LogP contribution in [0.1, 0.15) is 11.1 Å². The van der Waals surface area contributed by atoms with E-state index < -0.39 is 0 Å². The van der Waals surface area contributed by atoms with Gasteiger partial charge in [0, 0.05) is 30.2 Å². The van der Waals surface area contributed by atoms with Crippen molar-refractivity contribution in [3.63, 3.8) is 0 Å². The van der Waals surface area contributed by atoms with E-state index in [1.54, 1.807) is 24.4 Å². The lowest BCUT2D eigenvalue weighted by molar-refractivity contribution is 0.200. The van der Waals surface area contributed by atoms with Crippen LogP contribution in [0.2, 0.25) is 0 Å². The monoisotopic (exact) mass is 326 g/mol. The molecule has 2 N–H and O–H groups in total. The number of nitrogens with one attached hydrogen (secondary N) is 1. The van der Waals surface area contributed by atoms with Crippen molar-refractivity contribution in [1.82, 2.24) is 10.3 Å². The quantitative estimate of drug-likeness (QED) is 0.701. The van der Waals surface area contributed by atoms with E-state index in [2.05, 4.69) is 10.3 Å². The van der Waals surface area contributed by atoms with Gasteiger partial charge < -0.3 is 15.2 Å².